The van der Waals surface area contributed by atoms with Crippen molar-refractivity contribution in [1.82, 2.24) is 5.32 Å². The molecule has 2 unspecified atom stereocenters. The lowest BCUT2D eigenvalue weighted by Gasteiger charge is -2.25. The minimum atomic E-state index is -0.907. The molecule has 4 heteroatoms. The van der Waals surface area contributed by atoms with Crippen LogP contribution in [0.5, 0.6) is 0 Å². The predicted octanol–water partition coefficient (Wildman–Crippen LogP) is 0.109. The van der Waals surface area contributed by atoms with Crippen LogP contribution in [0, 0.1) is 0 Å². The molecule has 1 aliphatic heterocycles. The van der Waals surface area contributed by atoms with Crippen molar-refractivity contribution in [2.45, 2.75) is 31.6 Å². The normalized spacial score (nSPS) is 18.5. The van der Waals surface area contributed by atoms with Gasteiger partial charge < -0.3 is 20.6 Å². The zero-order valence-corrected chi connectivity index (χ0v) is 9.76. The number of hydrogen-bond acceptors (Lipinski definition) is 4. The summed E-state index contributed by atoms with van der Waals surface area (Å²) in [6, 6.07) is 5.79. The van der Waals surface area contributed by atoms with Gasteiger partial charge in [0, 0.05) is 13.2 Å². The van der Waals surface area contributed by atoms with Gasteiger partial charge in [-0.05, 0) is 36.1 Å². The first-order valence-electron chi connectivity index (χ1n) is 6.02. The van der Waals surface area contributed by atoms with E-state index >= 15 is 0 Å². The summed E-state index contributed by atoms with van der Waals surface area (Å²) < 4.78 is 0. The van der Waals surface area contributed by atoms with Crippen molar-refractivity contribution in [3.8, 4) is 0 Å². The Bertz CT molecular complexity index is 381. The molecular weight excluding hydrogens is 218 g/mol. The van der Waals surface area contributed by atoms with Gasteiger partial charge in [-0.2, -0.15) is 0 Å². The van der Waals surface area contributed by atoms with Gasteiger partial charge in [0.25, 0.3) is 0 Å². The first kappa shape index (κ1) is 12.5. The van der Waals surface area contributed by atoms with Gasteiger partial charge in [-0.1, -0.05) is 18.2 Å². The summed E-state index contributed by atoms with van der Waals surface area (Å²) in [7, 11) is 0. The van der Waals surface area contributed by atoms with Crippen LogP contribution in [0.15, 0.2) is 18.2 Å². The molecule has 0 saturated carbocycles. The molecule has 1 aliphatic rings. The molecular formula is C13H19NO3. The summed E-state index contributed by atoms with van der Waals surface area (Å²) in [5.74, 6) is 0. The van der Waals surface area contributed by atoms with Crippen LogP contribution < -0.4 is 5.32 Å². The Labute approximate surface area is 101 Å². The molecule has 1 aromatic carbocycles. The predicted molar refractivity (Wildman–Crippen MR) is 64.5 cm³/mol. The van der Waals surface area contributed by atoms with Gasteiger partial charge in [0.2, 0.25) is 0 Å². The molecule has 4 N–H and O–H groups in total. The fourth-order valence-electron chi connectivity index (χ4n) is 2.34. The van der Waals surface area contributed by atoms with E-state index in [-0.39, 0.29) is 13.0 Å². The van der Waals surface area contributed by atoms with Gasteiger partial charge in [-0.15, -0.1) is 0 Å². The number of aliphatic hydroxyl groups is 3. The van der Waals surface area contributed by atoms with E-state index in [1.165, 1.54) is 5.56 Å². The third kappa shape index (κ3) is 2.66. The molecule has 1 aromatic rings. The zero-order chi connectivity index (χ0) is 12.3. The van der Waals surface area contributed by atoms with E-state index in [0.717, 1.165) is 30.6 Å². The van der Waals surface area contributed by atoms with Crippen LogP contribution in [-0.4, -0.2) is 34.6 Å². The highest BCUT2D eigenvalue weighted by atomic mass is 16.3. The number of rotatable bonds is 4. The van der Waals surface area contributed by atoms with Gasteiger partial charge in [0.15, 0.2) is 0 Å². The second-order valence-electron chi connectivity index (χ2n) is 4.44. The van der Waals surface area contributed by atoms with Crippen LogP contribution in [0.3, 0.4) is 0 Å². The molecule has 2 atom stereocenters. The number of benzene rings is 1. The minimum absolute atomic E-state index is 0.116. The monoisotopic (exact) mass is 237 g/mol. The topological polar surface area (TPSA) is 72.7 Å². The molecule has 0 aliphatic carbocycles. The summed E-state index contributed by atoms with van der Waals surface area (Å²) in [6.45, 7) is 1.59. The Hall–Kier alpha value is -0.940. The van der Waals surface area contributed by atoms with Crippen LogP contribution >= 0.6 is 0 Å². The third-order valence-electron chi connectivity index (χ3n) is 3.28. The second-order valence-corrected chi connectivity index (χ2v) is 4.44. The van der Waals surface area contributed by atoms with Crippen molar-refractivity contribution in [1.29, 1.82) is 0 Å². The molecule has 0 amide bonds. The molecule has 0 aromatic heterocycles. The van der Waals surface area contributed by atoms with Crippen molar-refractivity contribution in [2.24, 2.45) is 0 Å². The van der Waals surface area contributed by atoms with Gasteiger partial charge in [-0.3, -0.25) is 0 Å². The van der Waals surface area contributed by atoms with Gasteiger partial charge >= 0.3 is 0 Å². The van der Waals surface area contributed by atoms with Crippen molar-refractivity contribution in [3.05, 3.63) is 34.9 Å². The van der Waals surface area contributed by atoms with Crippen LogP contribution in [0.1, 0.15) is 29.2 Å². The maximum absolute atomic E-state index is 10.1. The first-order chi connectivity index (χ1) is 8.24. The summed E-state index contributed by atoms with van der Waals surface area (Å²) >= 11 is 0. The van der Waals surface area contributed by atoms with Crippen LogP contribution in [-0.2, 0) is 13.0 Å². The number of fused-ring (bicyclic) bond motifs is 1. The molecule has 4 nitrogen and oxygen atoms in total. The maximum Gasteiger partial charge on any atom is 0.105 e. The SMILES string of the molecule is OCCC(O)C(O)c1cccc2c1CCNC2. The lowest BCUT2D eigenvalue weighted by atomic mass is 9.90. The Morgan fingerprint density at radius 3 is 2.88 bits per heavy atom. The maximum atomic E-state index is 10.1. The van der Waals surface area contributed by atoms with Gasteiger partial charge in [0.1, 0.15) is 6.10 Å². The molecule has 94 valence electrons. The van der Waals surface area contributed by atoms with Crippen LogP contribution in [0.25, 0.3) is 0 Å². The van der Waals surface area contributed by atoms with E-state index in [9.17, 15) is 10.2 Å². The standard InChI is InChI=1S/C13H19NO3/c15-7-5-12(16)13(17)11-3-1-2-9-8-14-6-4-10(9)11/h1-3,12-17H,4-8H2. The third-order valence-corrected chi connectivity index (χ3v) is 3.28. The van der Waals surface area contributed by atoms with E-state index in [1.807, 2.05) is 18.2 Å². The average molecular weight is 237 g/mol. The van der Waals surface area contributed by atoms with Crippen molar-refractivity contribution in [2.75, 3.05) is 13.2 Å². The second kappa shape index (κ2) is 5.60. The highest BCUT2D eigenvalue weighted by Crippen LogP contribution is 2.27. The molecule has 0 bridgehead atoms. The Morgan fingerprint density at radius 1 is 1.29 bits per heavy atom. The van der Waals surface area contributed by atoms with Crippen molar-refractivity contribution in [3.63, 3.8) is 0 Å². The van der Waals surface area contributed by atoms with Gasteiger partial charge in [-0.25, -0.2) is 0 Å². The quantitative estimate of drug-likeness (QED) is 0.600. The fraction of sp³-hybridized carbons (Fsp3) is 0.538. The smallest absolute Gasteiger partial charge is 0.105 e. The average Bonchev–Trinajstić information content (AvgIpc) is 2.37. The van der Waals surface area contributed by atoms with Crippen molar-refractivity contribution < 1.29 is 15.3 Å². The summed E-state index contributed by atoms with van der Waals surface area (Å²) in [5.41, 5.74) is 3.12. The lowest BCUT2D eigenvalue weighted by Crippen LogP contribution is -2.27. The number of aliphatic hydroxyl groups excluding tert-OH is 3. The molecule has 0 fully saturated rings. The molecule has 17 heavy (non-hydrogen) atoms. The molecule has 0 spiro atoms. The van der Waals surface area contributed by atoms with Crippen molar-refractivity contribution >= 4 is 0 Å². The molecule has 2 rings (SSSR count). The Kier molecular flexibility index (Phi) is 4.12. The molecule has 0 saturated heterocycles. The Morgan fingerprint density at radius 2 is 2.12 bits per heavy atom. The molecule has 1 heterocycles. The summed E-state index contributed by atoms with van der Waals surface area (Å²) in [4.78, 5) is 0. The van der Waals surface area contributed by atoms with E-state index in [2.05, 4.69) is 5.32 Å². The number of nitrogens with one attached hydrogen (secondary N) is 1. The van der Waals surface area contributed by atoms with E-state index in [1.54, 1.807) is 0 Å². The largest absolute Gasteiger partial charge is 0.396 e. The van der Waals surface area contributed by atoms with E-state index < -0.39 is 12.2 Å². The number of hydrogen-bond donors (Lipinski definition) is 4. The van der Waals surface area contributed by atoms with Crippen LogP contribution in [0.2, 0.25) is 0 Å². The molecule has 0 radical (unpaired) electrons. The van der Waals surface area contributed by atoms with E-state index in [4.69, 9.17) is 5.11 Å². The summed E-state index contributed by atoms with van der Waals surface area (Å²) in [6.07, 6.45) is -0.742. The highest BCUT2D eigenvalue weighted by molar-refractivity contribution is 5.38. The zero-order valence-electron chi connectivity index (χ0n) is 9.76. The first-order valence-corrected chi connectivity index (χ1v) is 6.02. The van der Waals surface area contributed by atoms with Crippen LogP contribution in [0.4, 0.5) is 0 Å². The Balaban J connectivity index is 2.25. The van der Waals surface area contributed by atoms with Gasteiger partial charge in [0.05, 0.1) is 6.10 Å². The minimum Gasteiger partial charge on any atom is -0.396 e. The van der Waals surface area contributed by atoms with E-state index in [0.29, 0.717) is 0 Å². The highest BCUT2D eigenvalue weighted by Gasteiger charge is 2.22. The lowest BCUT2D eigenvalue weighted by molar-refractivity contribution is 0.00365. The summed E-state index contributed by atoms with van der Waals surface area (Å²) in [5, 5.41) is 31.9. The fourth-order valence-corrected chi connectivity index (χ4v) is 2.34.